The highest BCUT2D eigenvalue weighted by molar-refractivity contribution is 6.32. The molecule has 0 aliphatic rings. The van der Waals surface area contributed by atoms with Crippen molar-refractivity contribution in [2.24, 2.45) is 5.41 Å². The summed E-state index contributed by atoms with van der Waals surface area (Å²) in [5.74, 6) is 0.115. The summed E-state index contributed by atoms with van der Waals surface area (Å²) in [5, 5.41) is 3.97. The maximum atomic E-state index is 13.8. The van der Waals surface area contributed by atoms with Crippen molar-refractivity contribution in [3.63, 3.8) is 0 Å². The summed E-state index contributed by atoms with van der Waals surface area (Å²) in [4.78, 5) is 44.0. The van der Waals surface area contributed by atoms with E-state index in [1.807, 2.05) is 44.2 Å². The number of carbonyl (C=O) groups excluding carboxylic acids is 1. The minimum Gasteiger partial charge on any atom is -0.489 e. The predicted molar refractivity (Wildman–Crippen MR) is 168 cm³/mol. The molecule has 0 saturated carbocycles. The largest absolute Gasteiger partial charge is 0.489 e. The van der Waals surface area contributed by atoms with Crippen LogP contribution in [0.5, 0.6) is 5.75 Å². The first-order valence-corrected chi connectivity index (χ1v) is 14.6. The lowest BCUT2D eigenvalue weighted by Crippen LogP contribution is -2.44. The van der Waals surface area contributed by atoms with Crippen LogP contribution in [0.15, 0.2) is 82.4 Å². The molecular weight excluding hydrogens is 591 g/mol. The van der Waals surface area contributed by atoms with Crippen LogP contribution in [0.2, 0.25) is 10.0 Å². The van der Waals surface area contributed by atoms with Gasteiger partial charge >= 0.3 is 17.3 Å². The van der Waals surface area contributed by atoms with Crippen molar-refractivity contribution in [2.45, 2.75) is 59.9 Å². The van der Waals surface area contributed by atoms with E-state index in [2.05, 4.69) is 10.3 Å². The summed E-state index contributed by atoms with van der Waals surface area (Å²) in [6, 6.07) is 21.4. The van der Waals surface area contributed by atoms with Crippen LogP contribution in [0, 0.1) is 5.41 Å². The molecule has 0 bridgehead atoms. The Morgan fingerprint density at radius 2 is 1.65 bits per heavy atom. The monoisotopic (exact) mass is 624 g/mol. The number of nitrogens with zero attached hydrogens (tertiary/aromatic N) is 3. The second-order valence-corrected chi connectivity index (χ2v) is 11.8. The zero-order valence-electron chi connectivity index (χ0n) is 24.5. The maximum Gasteiger partial charge on any atom is 0.354 e. The van der Waals surface area contributed by atoms with Crippen molar-refractivity contribution in [3.8, 4) is 5.75 Å². The number of halogens is 2. The lowest BCUT2D eigenvalue weighted by molar-refractivity contribution is -0.155. The summed E-state index contributed by atoms with van der Waals surface area (Å²) in [6.07, 6.45) is 0.115. The Morgan fingerprint density at radius 3 is 2.30 bits per heavy atom. The van der Waals surface area contributed by atoms with Gasteiger partial charge < -0.3 is 14.8 Å². The van der Waals surface area contributed by atoms with Gasteiger partial charge in [-0.3, -0.25) is 9.36 Å². The van der Waals surface area contributed by atoms with E-state index in [0.717, 1.165) is 15.7 Å². The molecule has 0 radical (unpaired) electrons. The van der Waals surface area contributed by atoms with Gasteiger partial charge in [-0.05, 0) is 75.6 Å². The van der Waals surface area contributed by atoms with Gasteiger partial charge in [-0.1, -0.05) is 65.7 Å². The summed E-state index contributed by atoms with van der Waals surface area (Å²) < 4.78 is 13.6. The minimum absolute atomic E-state index is 0.0356. The first-order valence-electron chi connectivity index (χ1n) is 13.8. The van der Waals surface area contributed by atoms with Gasteiger partial charge in [0.05, 0.1) is 23.1 Å². The number of benzene rings is 3. The SMILES string of the molecule is CC(C)Oc1ccc(Nc2nc(=O)n(CCC(C)(C)C(=O)OCc3ccccc3)c(=O)n2Cc2ccc(Cl)cc2)cc1Cl. The van der Waals surface area contributed by atoms with Crippen LogP contribution < -0.4 is 21.4 Å². The molecule has 0 unspecified atom stereocenters. The van der Waals surface area contributed by atoms with Crippen molar-refractivity contribution < 1.29 is 14.3 Å². The predicted octanol–water partition coefficient (Wildman–Crippen LogP) is 6.45. The smallest absolute Gasteiger partial charge is 0.354 e. The van der Waals surface area contributed by atoms with Gasteiger partial charge in [0.2, 0.25) is 5.95 Å². The number of carbonyl (C=O) groups is 1. The van der Waals surface area contributed by atoms with Crippen LogP contribution in [0.1, 0.15) is 45.2 Å². The van der Waals surface area contributed by atoms with Crippen molar-refractivity contribution in [1.82, 2.24) is 14.1 Å². The molecule has 0 aliphatic carbocycles. The van der Waals surface area contributed by atoms with E-state index in [1.165, 1.54) is 4.57 Å². The molecule has 9 nitrogen and oxygen atoms in total. The Hall–Kier alpha value is -4.08. The Kier molecular flexibility index (Phi) is 10.3. The molecule has 1 N–H and O–H groups in total. The third-order valence-electron chi connectivity index (χ3n) is 6.68. The van der Waals surface area contributed by atoms with Gasteiger partial charge in [-0.2, -0.15) is 4.98 Å². The van der Waals surface area contributed by atoms with Crippen LogP contribution >= 0.6 is 23.2 Å². The zero-order chi connectivity index (χ0) is 31.1. The lowest BCUT2D eigenvalue weighted by atomic mass is 9.89. The van der Waals surface area contributed by atoms with Gasteiger partial charge in [-0.15, -0.1) is 0 Å². The molecule has 0 fully saturated rings. The van der Waals surface area contributed by atoms with Crippen LogP contribution in [0.4, 0.5) is 11.6 Å². The quantitative estimate of drug-likeness (QED) is 0.181. The van der Waals surface area contributed by atoms with Gasteiger partial charge in [-0.25, -0.2) is 14.2 Å². The topological polar surface area (TPSA) is 104 Å². The van der Waals surface area contributed by atoms with Crippen molar-refractivity contribution >= 4 is 40.8 Å². The third-order valence-corrected chi connectivity index (χ3v) is 7.23. The molecule has 4 aromatic rings. The summed E-state index contributed by atoms with van der Waals surface area (Å²) in [5.41, 5.74) is -0.156. The molecule has 11 heteroatoms. The first-order chi connectivity index (χ1) is 20.4. The van der Waals surface area contributed by atoms with Crippen molar-refractivity contribution in [1.29, 1.82) is 0 Å². The number of hydrogen-bond donors (Lipinski definition) is 1. The van der Waals surface area contributed by atoms with Crippen LogP contribution in [0.3, 0.4) is 0 Å². The Balaban J connectivity index is 1.60. The fourth-order valence-electron chi connectivity index (χ4n) is 4.20. The van der Waals surface area contributed by atoms with Crippen molar-refractivity contribution in [3.05, 3.63) is 115 Å². The van der Waals surface area contributed by atoms with Crippen LogP contribution in [-0.2, 0) is 29.2 Å². The van der Waals surface area contributed by atoms with Crippen molar-refractivity contribution in [2.75, 3.05) is 5.32 Å². The number of esters is 1. The van der Waals surface area contributed by atoms with Gasteiger partial charge in [0.25, 0.3) is 0 Å². The molecule has 0 atom stereocenters. The highest BCUT2D eigenvalue weighted by Gasteiger charge is 2.30. The Bertz CT molecular complexity index is 1680. The fraction of sp³-hybridized carbons (Fsp3) is 0.312. The molecule has 0 spiro atoms. The minimum atomic E-state index is -0.963. The van der Waals surface area contributed by atoms with E-state index in [4.69, 9.17) is 32.7 Å². The van der Waals surface area contributed by atoms with Gasteiger partial charge in [0, 0.05) is 17.3 Å². The fourth-order valence-corrected chi connectivity index (χ4v) is 4.55. The van der Waals surface area contributed by atoms with E-state index < -0.39 is 22.8 Å². The summed E-state index contributed by atoms with van der Waals surface area (Å²) in [6.45, 7) is 7.43. The summed E-state index contributed by atoms with van der Waals surface area (Å²) >= 11 is 12.5. The van der Waals surface area contributed by atoms with Gasteiger partial charge in [0.1, 0.15) is 12.4 Å². The first kappa shape index (κ1) is 31.8. The average Bonchev–Trinajstić information content (AvgIpc) is 2.96. The molecule has 0 saturated heterocycles. The number of nitrogens with one attached hydrogen (secondary N) is 1. The molecule has 226 valence electrons. The number of aromatic nitrogens is 3. The van der Waals surface area contributed by atoms with Gasteiger partial charge in [0.15, 0.2) is 0 Å². The molecule has 1 heterocycles. The molecule has 3 aromatic carbocycles. The van der Waals surface area contributed by atoms with Crippen LogP contribution in [0.25, 0.3) is 0 Å². The number of ether oxygens (including phenoxy) is 2. The standard InChI is InChI=1S/C32H34Cl2N4O5/c1-21(2)43-27-15-14-25(18-26(27)34)35-29-36-30(40)37(31(41)38(29)19-22-10-12-24(33)13-11-22)17-16-32(3,4)28(39)42-20-23-8-6-5-7-9-23/h5-15,18,21H,16-17,19-20H2,1-4H3,(H,35,36,40). The molecule has 4 rings (SSSR count). The van der Waals surface area contributed by atoms with E-state index >= 15 is 0 Å². The highest BCUT2D eigenvalue weighted by Crippen LogP contribution is 2.29. The second kappa shape index (κ2) is 13.9. The average molecular weight is 626 g/mol. The third kappa shape index (κ3) is 8.49. The Labute approximate surface area is 260 Å². The molecular formula is C32H34Cl2N4O5. The molecule has 43 heavy (non-hydrogen) atoms. The number of rotatable bonds is 12. The number of anilines is 2. The molecule has 0 aliphatic heterocycles. The van der Waals surface area contributed by atoms with E-state index in [0.29, 0.717) is 21.5 Å². The highest BCUT2D eigenvalue weighted by atomic mass is 35.5. The molecule has 0 amide bonds. The normalized spacial score (nSPS) is 11.4. The van der Waals surface area contributed by atoms with E-state index in [1.54, 1.807) is 56.3 Å². The second-order valence-electron chi connectivity index (χ2n) is 11.0. The zero-order valence-corrected chi connectivity index (χ0v) is 26.0. The van der Waals surface area contributed by atoms with E-state index in [9.17, 15) is 14.4 Å². The maximum absolute atomic E-state index is 13.8. The lowest BCUT2D eigenvalue weighted by Gasteiger charge is -2.23. The number of hydrogen-bond acceptors (Lipinski definition) is 7. The van der Waals surface area contributed by atoms with Crippen LogP contribution in [-0.4, -0.2) is 26.2 Å². The Morgan fingerprint density at radius 1 is 0.953 bits per heavy atom. The molecule has 1 aromatic heterocycles. The summed E-state index contributed by atoms with van der Waals surface area (Å²) in [7, 11) is 0. The van der Waals surface area contributed by atoms with E-state index in [-0.39, 0.29) is 38.2 Å².